The lowest BCUT2D eigenvalue weighted by molar-refractivity contribution is -0.145. The Morgan fingerprint density at radius 3 is 1.92 bits per heavy atom. The molecule has 1 saturated carbocycles. The molecule has 0 bridgehead atoms. The predicted molar refractivity (Wildman–Crippen MR) is 133 cm³/mol. The summed E-state index contributed by atoms with van der Waals surface area (Å²) in [6.07, 6.45) is 1.12. The van der Waals surface area contributed by atoms with Crippen LogP contribution in [0.3, 0.4) is 0 Å². The van der Waals surface area contributed by atoms with Crippen molar-refractivity contribution in [3.63, 3.8) is 0 Å². The lowest BCUT2D eigenvalue weighted by atomic mass is 9.82. The Kier molecular flexibility index (Phi) is 17.1. The van der Waals surface area contributed by atoms with E-state index in [1.54, 1.807) is 0 Å². The number of ether oxygens (including phenoxy) is 5. The molecule has 0 radical (unpaired) electrons. The number of carbonyl (C=O) groups excluding carboxylic acids is 2. The Hall–Kier alpha value is -1.95. The molecule has 4 atom stereocenters. The number of carbonyl (C=O) groups is 3. The number of carboxylic acids is 1. The van der Waals surface area contributed by atoms with E-state index in [4.69, 9.17) is 23.7 Å². The average molecular weight is 519 g/mol. The van der Waals surface area contributed by atoms with E-state index < -0.39 is 24.1 Å². The van der Waals surface area contributed by atoms with Gasteiger partial charge >= 0.3 is 12.1 Å². The van der Waals surface area contributed by atoms with Crippen molar-refractivity contribution in [2.24, 2.45) is 17.8 Å². The van der Waals surface area contributed by atoms with Crippen LogP contribution in [0.4, 0.5) is 4.79 Å². The average Bonchev–Trinajstić information content (AvgIpc) is 3.25. The van der Waals surface area contributed by atoms with E-state index in [0.717, 1.165) is 12.8 Å². The van der Waals surface area contributed by atoms with Crippen molar-refractivity contribution in [3.05, 3.63) is 0 Å². The molecule has 210 valence electrons. The van der Waals surface area contributed by atoms with E-state index in [9.17, 15) is 19.5 Å². The Morgan fingerprint density at radius 1 is 0.861 bits per heavy atom. The lowest BCUT2D eigenvalue weighted by Crippen LogP contribution is -2.49. The van der Waals surface area contributed by atoms with Crippen molar-refractivity contribution in [2.45, 2.75) is 65.5 Å². The molecule has 0 aliphatic heterocycles. The molecule has 0 aromatic rings. The van der Waals surface area contributed by atoms with E-state index in [2.05, 4.69) is 10.6 Å². The third-order valence-corrected chi connectivity index (χ3v) is 6.41. The summed E-state index contributed by atoms with van der Waals surface area (Å²) in [5.41, 5.74) is 0. The van der Waals surface area contributed by atoms with Gasteiger partial charge < -0.3 is 39.4 Å². The van der Waals surface area contributed by atoms with Crippen molar-refractivity contribution in [1.29, 1.82) is 0 Å². The second-order valence-electron chi connectivity index (χ2n) is 8.82. The zero-order valence-electron chi connectivity index (χ0n) is 22.3. The zero-order chi connectivity index (χ0) is 26.8. The predicted octanol–water partition coefficient (Wildman–Crippen LogP) is 2.22. The van der Waals surface area contributed by atoms with Crippen LogP contribution < -0.4 is 10.6 Å². The van der Waals surface area contributed by atoms with Crippen LogP contribution in [0.25, 0.3) is 0 Å². The molecule has 0 spiro atoms. The molecule has 0 aromatic carbocycles. The molecule has 1 aliphatic rings. The van der Waals surface area contributed by atoms with Gasteiger partial charge in [0.05, 0.1) is 52.2 Å². The van der Waals surface area contributed by atoms with Gasteiger partial charge in [-0.2, -0.15) is 0 Å². The second kappa shape index (κ2) is 19.2. The van der Waals surface area contributed by atoms with Crippen LogP contribution in [0.2, 0.25) is 0 Å². The Morgan fingerprint density at radius 2 is 1.42 bits per heavy atom. The smallest absolute Gasteiger partial charge is 0.407 e. The highest BCUT2D eigenvalue weighted by atomic mass is 16.6. The topological polar surface area (TPSA) is 142 Å². The minimum atomic E-state index is -0.996. The van der Waals surface area contributed by atoms with Gasteiger partial charge in [0.25, 0.3) is 0 Å². The molecule has 1 fully saturated rings. The second-order valence-corrected chi connectivity index (χ2v) is 8.82. The fraction of sp³-hybridized carbons (Fsp3) is 0.880. The molecule has 11 nitrogen and oxygen atoms in total. The molecule has 2 amide bonds. The van der Waals surface area contributed by atoms with Gasteiger partial charge in [-0.15, -0.1) is 0 Å². The van der Waals surface area contributed by atoms with Gasteiger partial charge in [0.2, 0.25) is 5.91 Å². The van der Waals surface area contributed by atoms with Crippen LogP contribution >= 0.6 is 0 Å². The van der Waals surface area contributed by atoms with E-state index in [1.807, 2.05) is 20.8 Å². The summed E-state index contributed by atoms with van der Waals surface area (Å²) in [7, 11) is 0. The van der Waals surface area contributed by atoms with Crippen LogP contribution in [-0.4, -0.2) is 94.6 Å². The highest BCUT2D eigenvalue weighted by molar-refractivity contribution is 5.74. The molecule has 0 unspecified atom stereocenters. The number of hydrogen-bond acceptors (Lipinski definition) is 8. The molecular formula is C25H46N2O9. The van der Waals surface area contributed by atoms with Gasteiger partial charge in [0.1, 0.15) is 6.10 Å². The summed E-state index contributed by atoms with van der Waals surface area (Å²) in [4.78, 5) is 36.1. The van der Waals surface area contributed by atoms with Crippen LogP contribution in [0.15, 0.2) is 0 Å². The standard InChI is InChI=1S/C25H46N2O9/c1-5-19(6-2)22(27-18(4)28)20-8-9-21(24(29)30)23(20)36-25(31)26-10-11-33-14-15-35-17-16-34-13-12-32-7-3/h19-23H,5-17H2,1-4H3,(H,26,31)(H,27,28)(H,29,30)/t20-,21+,22-,23+/m1/s1. The van der Waals surface area contributed by atoms with Gasteiger partial charge in [-0.3, -0.25) is 9.59 Å². The van der Waals surface area contributed by atoms with E-state index in [-0.39, 0.29) is 36.9 Å². The summed E-state index contributed by atoms with van der Waals surface area (Å²) < 4.78 is 27.0. The number of alkyl carbamates (subject to hydrolysis) is 1. The molecule has 3 N–H and O–H groups in total. The normalized spacial score (nSPS) is 20.3. The SMILES string of the molecule is CCOCCOCCOCCOCCNC(=O)O[C@H]1[C@@H]([C@H](NC(C)=O)C(CC)CC)CC[C@@H]1C(=O)O. The Balaban J connectivity index is 2.40. The fourth-order valence-electron chi connectivity index (χ4n) is 4.62. The van der Waals surface area contributed by atoms with Crippen LogP contribution in [0.5, 0.6) is 0 Å². The third kappa shape index (κ3) is 12.3. The number of hydrogen-bond donors (Lipinski definition) is 3. The van der Waals surface area contributed by atoms with Crippen molar-refractivity contribution in [2.75, 3.05) is 59.4 Å². The Bertz CT molecular complexity index is 631. The summed E-state index contributed by atoms with van der Waals surface area (Å²) in [6.45, 7) is 11.5. The molecular weight excluding hydrogens is 472 g/mol. The molecule has 1 rings (SSSR count). The van der Waals surface area contributed by atoms with E-state index in [1.165, 1.54) is 6.92 Å². The summed E-state index contributed by atoms with van der Waals surface area (Å²) in [6, 6.07) is -0.252. The molecule has 36 heavy (non-hydrogen) atoms. The first kappa shape index (κ1) is 32.1. The maximum Gasteiger partial charge on any atom is 0.407 e. The Labute approximate surface area is 214 Å². The molecule has 0 saturated heterocycles. The van der Waals surface area contributed by atoms with Crippen molar-refractivity contribution in [3.8, 4) is 0 Å². The minimum absolute atomic E-state index is 0.165. The van der Waals surface area contributed by atoms with Crippen LogP contribution in [0.1, 0.15) is 53.4 Å². The number of rotatable bonds is 20. The van der Waals surface area contributed by atoms with Crippen LogP contribution in [-0.2, 0) is 33.3 Å². The molecule has 11 heteroatoms. The number of carboxylic acid groups (broad SMARTS) is 1. The molecule has 1 aliphatic carbocycles. The summed E-state index contributed by atoms with van der Waals surface area (Å²) in [5.74, 6) is -2.07. The van der Waals surface area contributed by atoms with Gasteiger partial charge in [-0.05, 0) is 25.7 Å². The van der Waals surface area contributed by atoms with Gasteiger partial charge in [-0.1, -0.05) is 26.7 Å². The quantitative estimate of drug-likeness (QED) is 0.207. The fourth-order valence-corrected chi connectivity index (χ4v) is 4.62. The van der Waals surface area contributed by atoms with Crippen LogP contribution in [0, 0.1) is 17.8 Å². The number of nitrogens with one attached hydrogen (secondary N) is 2. The van der Waals surface area contributed by atoms with Crippen molar-refractivity contribution in [1.82, 2.24) is 10.6 Å². The monoisotopic (exact) mass is 518 g/mol. The number of aliphatic carboxylic acids is 1. The molecule has 0 heterocycles. The molecule has 0 aromatic heterocycles. The minimum Gasteiger partial charge on any atom is -0.481 e. The highest BCUT2D eigenvalue weighted by Crippen LogP contribution is 2.39. The summed E-state index contributed by atoms with van der Waals surface area (Å²) in [5, 5.41) is 15.3. The van der Waals surface area contributed by atoms with E-state index in [0.29, 0.717) is 59.1 Å². The third-order valence-electron chi connectivity index (χ3n) is 6.41. The first-order valence-electron chi connectivity index (χ1n) is 13.1. The van der Waals surface area contributed by atoms with E-state index >= 15 is 0 Å². The first-order chi connectivity index (χ1) is 17.3. The summed E-state index contributed by atoms with van der Waals surface area (Å²) >= 11 is 0. The largest absolute Gasteiger partial charge is 0.481 e. The highest BCUT2D eigenvalue weighted by Gasteiger charge is 2.48. The van der Waals surface area contributed by atoms with Gasteiger partial charge in [0, 0.05) is 32.0 Å². The lowest BCUT2D eigenvalue weighted by Gasteiger charge is -2.35. The zero-order valence-corrected chi connectivity index (χ0v) is 22.3. The maximum absolute atomic E-state index is 12.5. The van der Waals surface area contributed by atoms with Crippen molar-refractivity contribution < 1.29 is 43.2 Å². The first-order valence-corrected chi connectivity index (χ1v) is 13.1. The van der Waals surface area contributed by atoms with Gasteiger partial charge in [0.15, 0.2) is 0 Å². The van der Waals surface area contributed by atoms with Gasteiger partial charge in [-0.25, -0.2) is 4.79 Å². The van der Waals surface area contributed by atoms with Crippen molar-refractivity contribution >= 4 is 18.0 Å². The number of amides is 2. The maximum atomic E-state index is 12.5.